The van der Waals surface area contributed by atoms with Crippen molar-refractivity contribution < 1.29 is 4.79 Å². The number of guanidine groups is 1. The van der Waals surface area contributed by atoms with E-state index in [1.165, 1.54) is 0 Å². The number of amides is 1. The summed E-state index contributed by atoms with van der Waals surface area (Å²) in [6, 6.07) is 6.99. The van der Waals surface area contributed by atoms with Crippen molar-refractivity contribution in [3.63, 3.8) is 0 Å². The number of nitrogens with one attached hydrogen (secondary N) is 3. The highest BCUT2D eigenvalue weighted by Crippen LogP contribution is 2.14. The van der Waals surface area contributed by atoms with Crippen molar-refractivity contribution in [2.75, 3.05) is 38.7 Å². The molecule has 0 heterocycles. The number of hydrogen-bond acceptors (Lipinski definition) is 3. The van der Waals surface area contributed by atoms with Crippen LogP contribution >= 0.6 is 23.4 Å². The van der Waals surface area contributed by atoms with Crippen LogP contribution in [0, 0.1) is 0 Å². The second-order valence-electron chi connectivity index (χ2n) is 4.15. The van der Waals surface area contributed by atoms with E-state index in [9.17, 15) is 4.79 Å². The first-order valence-electron chi connectivity index (χ1n) is 6.65. The van der Waals surface area contributed by atoms with Gasteiger partial charge in [0, 0.05) is 32.4 Å². The van der Waals surface area contributed by atoms with E-state index in [0.29, 0.717) is 23.7 Å². The SMILES string of the molecule is CN=C(NCCNC(=O)c1ccccc1Cl)NCCSC. The van der Waals surface area contributed by atoms with Gasteiger partial charge >= 0.3 is 0 Å². The monoisotopic (exact) mass is 328 g/mol. The molecule has 3 N–H and O–H groups in total. The number of thioether (sulfide) groups is 1. The number of carbonyl (C=O) groups is 1. The minimum absolute atomic E-state index is 0.173. The Morgan fingerprint density at radius 3 is 2.52 bits per heavy atom. The van der Waals surface area contributed by atoms with Gasteiger partial charge in [0.2, 0.25) is 0 Å². The summed E-state index contributed by atoms with van der Waals surface area (Å²) in [7, 11) is 1.72. The van der Waals surface area contributed by atoms with Gasteiger partial charge in [0.05, 0.1) is 10.6 Å². The van der Waals surface area contributed by atoms with Crippen molar-refractivity contribution in [3.05, 3.63) is 34.9 Å². The van der Waals surface area contributed by atoms with Crippen molar-refractivity contribution in [2.24, 2.45) is 4.99 Å². The first-order chi connectivity index (χ1) is 10.2. The molecule has 0 atom stereocenters. The molecule has 1 amide bonds. The second kappa shape index (κ2) is 10.3. The lowest BCUT2D eigenvalue weighted by atomic mass is 10.2. The number of nitrogens with zero attached hydrogens (tertiary/aromatic N) is 1. The molecular weight excluding hydrogens is 308 g/mol. The molecule has 0 aliphatic rings. The Morgan fingerprint density at radius 1 is 1.19 bits per heavy atom. The summed E-state index contributed by atoms with van der Waals surface area (Å²) in [4.78, 5) is 16.0. The van der Waals surface area contributed by atoms with Crippen LogP contribution in [-0.2, 0) is 0 Å². The van der Waals surface area contributed by atoms with Crippen molar-refractivity contribution in [1.29, 1.82) is 0 Å². The predicted molar refractivity (Wildman–Crippen MR) is 91.5 cm³/mol. The molecule has 0 bridgehead atoms. The van der Waals surface area contributed by atoms with E-state index in [0.717, 1.165) is 18.3 Å². The summed E-state index contributed by atoms with van der Waals surface area (Å²) in [5, 5.41) is 9.58. The van der Waals surface area contributed by atoms with Gasteiger partial charge in [0.15, 0.2) is 5.96 Å². The van der Waals surface area contributed by atoms with E-state index in [2.05, 4.69) is 27.2 Å². The Hall–Kier alpha value is -1.40. The molecule has 0 aromatic heterocycles. The average Bonchev–Trinajstić information content (AvgIpc) is 2.50. The minimum atomic E-state index is -0.173. The molecule has 0 radical (unpaired) electrons. The summed E-state index contributed by atoms with van der Waals surface area (Å²) >= 11 is 7.74. The van der Waals surface area contributed by atoms with Crippen LogP contribution in [0.4, 0.5) is 0 Å². The van der Waals surface area contributed by atoms with E-state index in [1.54, 1.807) is 43.1 Å². The molecule has 1 rings (SSSR count). The molecule has 0 saturated carbocycles. The third-order valence-corrected chi connectivity index (χ3v) is 3.59. The van der Waals surface area contributed by atoms with Crippen LogP contribution in [0.25, 0.3) is 0 Å². The quantitative estimate of drug-likeness (QED) is 0.404. The molecule has 7 heteroatoms. The maximum atomic E-state index is 11.9. The van der Waals surface area contributed by atoms with Crippen molar-refractivity contribution in [3.8, 4) is 0 Å². The van der Waals surface area contributed by atoms with E-state index in [-0.39, 0.29) is 5.91 Å². The van der Waals surface area contributed by atoms with Crippen LogP contribution in [0.1, 0.15) is 10.4 Å². The fraction of sp³-hybridized carbons (Fsp3) is 0.429. The van der Waals surface area contributed by atoms with Gasteiger partial charge in [-0.25, -0.2) is 0 Å². The predicted octanol–water partition coefficient (Wildman–Crippen LogP) is 1.60. The van der Waals surface area contributed by atoms with Gasteiger partial charge in [-0.2, -0.15) is 11.8 Å². The molecule has 116 valence electrons. The molecule has 0 saturated heterocycles. The highest BCUT2D eigenvalue weighted by Gasteiger charge is 2.08. The molecule has 0 fully saturated rings. The molecule has 21 heavy (non-hydrogen) atoms. The van der Waals surface area contributed by atoms with E-state index in [4.69, 9.17) is 11.6 Å². The molecule has 0 unspecified atom stereocenters. The number of carbonyl (C=O) groups excluding carboxylic acids is 1. The summed E-state index contributed by atoms with van der Waals surface area (Å²) in [5.74, 6) is 1.58. The van der Waals surface area contributed by atoms with Crippen molar-refractivity contribution in [2.45, 2.75) is 0 Å². The average molecular weight is 329 g/mol. The fourth-order valence-corrected chi connectivity index (χ4v) is 2.12. The third-order valence-electron chi connectivity index (χ3n) is 2.64. The maximum absolute atomic E-state index is 11.9. The normalized spacial score (nSPS) is 11.1. The Kier molecular flexibility index (Phi) is 8.69. The topological polar surface area (TPSA) is 65.5 Å². The zero-order chi connectivity index (χ0) is 15.5. The summed E-state index contributed by atoms with van der Waals surface area (Å²) in [5.41, 5.74) is 0.488. The fourth-order valence-electron chi connectivity index (χ4n) is 1.59. The first kappa shape index (κ1) is 17.7. The molecule has 1 aromatic rings. The standard InChI is InChI=1S/C14H21ClN4OS/c1-16-14(19-9-10-21-2)18-8-7-17-13(20)11-5-3-4-6-12(11)15/h3-6H,7-10H2,1-2H3,(H,17,20)(H2,16,18,19). The summed E-state index contributed by atoms with van der Waals surface area (Å²) < 4.78 is 0. The Balaban J connectivity index is 2.27. The van der Waals surface area contributed by atoms with E-state index >= 15 is 0 Å². The highest BCUT2D eigenvalue weighted by atomic mass is 35.5. The number of hydrogen-bond donors (Lipinski definition) is 3. The number of benzene rings is 1. The van der Waals surface area contributed by atoms with Crippen LogP contribution in [0.5, 0.6) is 0 Å². The van der Waals surface area contributed by atoms with Crippen molar-refractivity contribution in [1.82, 2.24) is 16.0 Å². The lowest BCUT2D eigenvalue weighted by Gasteiger charge is -2.12. The van der Waals surface area contributed by atoms with Crippen LogP contribution < -0.4 is 16.0 Å². The number of halogens is 1. The largest absolute Gasteiger partial charge is 0.356 e. The number of aliphatic imine (C=N–C) groups is 1. The smallest absolute Gasteiger partial charge is 0.252 e. The van der Waals surface area contributed by atoms with Crippen molar-refractivity contribution >= 4 is 35.2 Å². The summed E-state index contributed by atoms with van der Waals surface area (Å²) in [6.07, 6.45) is 2.06. The van der Waals surface area contributed by atoms with Gasteiger partial charge < -0.3 is 16.0 Å². The van der Waals surface area contributed by atoms with Gasteiger partial charge in [-0.15, -0.1) is 0 Å². The lowest BCUT2D eigenvalue weighted by molar-refractivity contribution is 0.0954. The van der Waals surface area contributed by atoms with Crippen LogP contribution in [0.15, 0.2) is 29.3 Å². The third kappa shape index (κ3) is 6.73. The minimum Gasteiger partial charge on any atom is -0.356 e. The van der Waals surface area contributed by atoms with Crippen LogP contribution in [-0.4, -0.2) is 50.6 Å². The zero-order valence-electron chi connectivity index (χ0n) is 12.3. The highest BCUT2D eigenvalue weighted by molar-refractivity contribution is 7.98. The van der Waals surface area contributed by atoms with Gasteiger partial charge in [-0.05, 0) is 18.4 Å². The van der Waals surface area contributed by atoms with Gasteiger partial charge in [0.1, 0.15) is 0 Å². The Morgan fingerprint density at radius 2 is 1.86 bits per heavy atom. The lowest BCUT2D eigenvalue weighted by Crippen LogP contribution is -2.42. The maximum Gasteiger partial charge on any atom is 0.252 e. The first-order valence-corrected chi connectivity index (χ1v) is 8.42. The second-order valence-corrected chi connectivity index (χ2v) is 5.55. The molecule has 0 spiro atoms. The molecule has 5 nitrogen and oxygen atoms in total. The molecular formula is C14H21ClN4OS. The van der Waals surface area contributed by atoms with Gasteiger partial charge in [-0.1, -0.05) is 23.7 Å². The van der Waals surface area contributed by atoms with Crippen LogP contribution in [0.2, 0.25) is 5.02 Å². The van der Waals surface area contributed by atoms with E-state index < -0.39 is 0 Å². The van der Waals surface area contributed by atoms with Gasteiger partial charge in [0.25, 0.3) is 5.91 Å². The molecule has 1 aromatic carbocycles. The zero-order valence-corrected chi connectivity index (χ0v) is 13.9. The molecule has 0 aliphatic carbocycles. The van der Waals surface area contributed by atoms with E-state index in [1.807, 2.05) is 0 Å². The summed E-state index contributed by atoms with van der Waals surface area (Å²) in [6.45, 7) is 1.94. The Bertz CT molecular complexity index is 482. The number of rotatable bonds is 7. The Labute approximate surface area is 134 Å². The van der Waals surface area contributed by atoms with Gasteiger partial charge in [-0.3, -0.25) is 9.79 Å². The van der Waals surface area contributed by atoms with Crippen LogP contribution in [0.3, 0.4) is 0 Å². The molecule has 0 aliphatic heterocycles.